The van der Waals surface area contributed by atoms with Crippen molar-refractivity contribution < 1.29 is 28.6 Å². The van der Waals surface area contributed by atoms with Gasteiger partial charge in [-0.3, -0.25) is 9.59 Å². The van der Waals surface area contributed by atoms with E-state index in [2.05, 4.69) is 10.6 Å². The van der Waals surface area contributed by atoms with Gasteiger partial charge in [0.05, 0.1) is 20.8 Å². The van der Waals surface area contributed by atoms with Crippen molar-refractivity contribution in [2.45, 2.75) is 25.8 Å². The number of nitrogens with one attached hydrogen (secondary N) is 2. The van der Waals surface area contributed by atoms with E-state index in [4.69, 9.17) is 14.2 Å². The summed E-state index contributed by atoms with van der Waals surface area (Å²) < 4.78 is 15.3. The Balaban J connectivity index is 2.05. The van der Waals surface area contributed by atoms with Crippen LogP contribution in [0.25, 0.3) is 6.08 Å². The second-order valence-electron chi connectivity index (χ2n) is 6.69. The maximum absolute atomic E-state index is 12.4. The van der Waals surface area contributed by atoms with Crippen LogP contribution in [-0.4, -0.2) is 51.2 Å². The van der Waals surface area contributed by atoms with Gasteiger partial charge in [-0.2, -0.15) is 0 Å². The van der Waals surface area contributed by atoms with Gasteiger partial charge in [-0.1, -0.05) is 12.1 Å². The first-order valence-electron chi connectivity index (χ1n) is 9.80. The molecular weight excluding hydrogens is 388 g/mol. The molecule has 2 rings (SSSR count). The largest absolute Gasteiger partial charge is 0.493 e. The van der Waals surface area contributed by atoms with Crippen LogP contribution in [0, 0.1) is 5.92 Å². The van der Waals surface area contributed by atoms with Crippen molar-refractivity contribution in [1.29, 1.82) is 0 Å². The lowest BCUT2D eigenvalue weighted by Crippen LogP contribution is -2.35. The number of carbonyl (C=O) groups is 3. The second kappa shape index (κ2) is 11.6. The highest BCUT2D eigenvalue weighted by Gasteiger charge is 2.26. The highest BCUT2D eigenvalue weighted by Crippen LogP contribution is 2.28. The van der Waals surface area contributed by atoms with E-state index < -0.39 is 12.0 Å². The summed E-state index contributed by atoms with van der Waals surface area (Å²) in [6.07, 6.45) is 6.97. The standard InChI is InChI=1S/C22H28N2O6/c1-4-30-21(26)10-7-17(14-16-11-12-23-22(16)27)24-20(25)9-6-15-5-8-18(28-2)19(13-15)29-3/h5-10,13,16-17H,4,11-12,14H2,1-3H3,(H,23,27)(H,24,25)/b9-6+,10-7+. The summed E-state index contributed by atoms with van der Waals surface area (Å²) in [5, 5.41) is 5.60. The Morgan fingerprint density at radius 2 is 2.00 bits per heavy atom. The summed E-state index contributed by atoms with van der Waals surface area (Å²) in [4.78, 5) is 35.9. The number of methoxy groups -OCH3 is 2. The van der Waals surface area contributed by atoms with Crippen LogP contribution in [0.4, 0.5) is 0 Å². The second-order valence-corrected chi connectivity index (χ2v) is 6.69. The predicted octanol–water partition coefficient (Wildman–Crippen LogP) is 1.85. The van der Waals surface area contributed by atoms with Crippen LogP contribution in [0.15, 0.2) is 36.4 Å². The van der Waals surface area contributed by atoms with Crippen LogP contribution in [0.2, 0.25) is 0 Å². The van der Waals surface area contributed by atoms with Crippen LogP contribution in [0.5, 0.6) is 11.5 Å². The Morgan fingerprint density at radius 1 is 1.23 bits per heavy atom. The van der Waals surface area contributed by atoms with E-state index in [1.165, 1.54) is 19.3 Å². The summed E-state index contributed by atoms with van der Waals surface area (Å²) in [6.45, 7) is 2.59. The zero-order valence-electron chi connectivity index (χ0n) is 17.5. The first kappa shape index (κ1) is 23.0. The third-order valence-corrected chi connectivity index (χ3v) is 4.61. The first-order valence-corrected chi connectivity index (χ1v) is 9.80. The normalized spacial score (nSPS) is 17.0. The van der Waals surface area contributed by atoms with E-state index in [9.17, 15) is 14.4 Å². The lowest BCUT2D eigenvalue weighted by molar-refractivity contribution is -0.137. The molecule has 0 aromatic heterocycles. The van der Waals surface area contributed by atoms with Gasteiger partial charge in [0, 0.05) is 30.7 Å². The molecule has 1 heterocycles. The third kappa shape index (κ3) is 6.95. The van der Waals surface area contributed by atoms with Crippen LogP contribution < -0.4 is 20.1 Å². The maximum atomic E-state index is 12.4. The monoisotopic (exact) mass is 416 g/mol. The molecule has 8 nitrogen and oxygen atoms in total. The Kier molecular flexibility index (Phi) is 8.93. The topological polar surface area (TPSA) is 103 Å². The molecule has 0 saturated carbocycles. The lowest BCUT2D eigenvalue weighted by Gasteiger charge is -2.17. The summed E-state index contributed by atoms with van der Waals surface area (Å²) in [5.74, 6) is 0.0625. The van der Waals surface area contributed by atoms with Gasteiger partial charge in [-0.25, -0.2) is 4.79 Å². The van der Waals surface area contributed by atoms with Crippen LogP contribution in [0.3, 0.4) is 0 Å². The van der Waals surface area contributed by atoms with Gasteiger partial charge in [0.1, 0.15) is 0 Å². The van der Waals surface area contributed by atoms with Crippen molar-refractivity contribution in [3.05, 3.63) is 42.0 Å². The highest BCUT2D eigenvalue weighted by atomic mass is 16.5. The maximum Gasteiger partial charge on any atom is 0.330 e. The fourth-order valence-electron chi connectivity index (χ4n) is 3.11. The molecule has 8 heteroatoms. The van der Waals surface area contributed by atoms with Gasteiger partial charge in [0.15, 0.2) is 11.5 Å². The minimum Gasteiger partial charge on any atom is -0.493 e. The molecule has 2 N–H and O–H groups in total. The molecule has 2 unspecified atom stereocenters. The molecular formula is C22H28N2O6. The van der Waals surface area contributed by atoms with Gasteiger partial charge in [-0.05, 0) is 43.5 Å². The molecule has 2 amide bonds. The van der Waals surface area contributed by atoms with Gasteiger partial charge < -0.3 is 24.8 Å². The van der Waals surface area contributed by atoms with Crippen molar-refractivity contribution >= 4 is 23.9 Å². The molecule has 1 aromatic carbocycles. The number of esters is 1. The molecule has 162 valence electrons. The SMILES string of the molecule is CCOC(=O)/C=C/C(CC1CCNC1=O)NC(=O)/C=C/c1ccc(OC)c(OC)c1. The van der Waals surface area contributed by atoms with E-state index in [-0.39, 0.29) is 24.3 Å². The molecule has 1 aliphatic rings. The lowest BCUT2D eigenvalue weighted by atomic mass is 9.98. The first-order chi connectivity index (χ1) is 14.5. The van der Waals surface area contributed by atoms with Gasteiger partial charge >= 0.3 is 5.97 Å². The number of benzene rings is 1. The van der Waals surface area contributed by atoms with Crippen molar-refractivity contribution in [3.63, 3.8) is 0 Å². The predicted molar refractivity (Wildman–Crippen MR) is 112 cm³/mol. The van der Waals surface area contributed by atoms with Crippen LogP contribution >= 0.6 is 0 Å². The molecule has 1 fully saturated rings. The van der Waals surface area contributed by atoms with E-state index in [0.717, 1.165) is 5.56 Å². The minimum atomic E-state index is -0.492. The fourth-order valence-corrected chi connectivity index (χ4v) is 3.11. The quantitative estimate of drug-likeness (QED) is 0.446. The summed E-state index contributed by atoms with van der Waals surface area (Å²) in [7, 11) is 3.09. The number of ether oxygens (including phenoxy) is 3. The van der Waals surface area contributed by atoms with E-state index >= 15 is 0 Å². The van der Waals surface area contributed by atoms with Crippen molar-refractivity contribution in [2.75, 3.05) is 27.4 Å². The Hall–Kier alpha value is -3.29. The zero-order chi connectivity index (χ0) is 21.9. The van der Waals surface area contributed by atoms with E-state index in [1.54, 1.807) is 44.4 Å². The summed E-state index contributed by atoms with van der Waals surface area (Å²) >= 11 is 0. The molecule has 1 saturated heterocycles. The van der Waals surface area contributed by atoms with Crippen LogP contribution in [0.1, 0.15) is 25.3 Å². The number of rotatable bonds is 10. The number of hydrogen-bond acceptors (Lipinski definition) is 6. The van der Waals surface area contributed by atoms with Gasteiger partial charge in [0.25, 0.3) is 0 Å². The Morgan fingerprint density at radius 3 is 2.63 bits per heavy atom. The average molecular weight is 416 g/mol. The molecule has 2 atom stereocenters. The molecule has 0 bridgehead atoms. The van der Waals surface area contributed by atoms with Crippen molar-refractivity contribution in [2.24, 2.45) is 5.92 Å². The zero-order valence-corrected chi connectivity index (χ0v) is 17.5. The van der Waals surface area contributed by atoms with Crippen molar-refractivity contribution in [1.82, 2.24) is 10.6 Å². The third-order valence-electron chi connectivity index (χ3n) is 4.61. The molecule has 0 radical (unpaired) electrons. The Bertz CT molecular complexity index is 818. The minimum absolute atomic E-state index is 0.0420. The summed E-state index contributed by atoms with van der Waals surface area (Å²) in [5.41, 5.74) is 0.761. The van der Waals surface area contributed by atoms with Crippen LogP contribution in [-0.2, 0) is 19.1 Å². The number of carbonyl (C=O) groups excluding carboxylic acids is 3. The molecule has 0 spiro atoms. The summed E-state index contributed by atoms with van der Waals surface area (Å²) in [6, 6.07) is 4.82. The van der Waals surface area contributed by atoms with Gasteiger partial charge in [-0.15, -0.1) is 0 Å². The number of hydrogen-bond donors (Lipinski definition) is 2. The van der Waals surface area contributed by atoms with E-state index in [1.807, 2.05) is 0 Å². The van der Waals surface area contributed by atoms with Crippen molar-refractivity contribution in [3.8, 4) is 11.5 Å². The molecule has 1 aliphatic heterocycles. The highest BCUT2D eigenvalue weighted by molar-refractivity contribution is 5.92. The van der Waals surface area contributed by atoms with E-state index in [0.29, 0.717) is 30.9 Å². The number of amides is 2. The smallest absolute Gasteiger partial charge is 0.330 e. The molecule has 1 aromatic rings. The molecule has 0 aliphatic carbocycles. The fraction of sp³-hybridized carbons (Fsp3) is 0.409. The molecule has 30 heavy (non-hydrogen) atoms. The van der Waals surface area contributed by atoms with Gasteiger partial charge in [0.2, 0.25) is 11.8 Å². The Labute approximate surface area is 176 Å². The average Bonchev–Trinajstić information content (AvgIpc) is 3.14.